The lowest BCUT2D eigenvalue weighted by Gasteiger charge is -2.17. The molecule has 3 aromatic rings. The summed E-state index contributed by atoms with van der Waals surface area (Å²) in [5, 5.41) is 7.25. The highest BCUT2D eigenvalue weighted by atomic mass is 35.5. The van der Waals surface area contributed by atoms with Gasteiger partial charge in [0, 0.05) is 22.3 Å². The van der Waals surface area contributed by atoms with Crippen LogP contribution >= 0.6 is 11.6 Å². The number of fused-ring (bicyclic) bond motifs is 1. The fraction of sp³-hybridized carbons (Fsp3) is 0.190. The normalized spacial score (nSPS) is 14.6. The highest BCUT2D eigenvalue weighted by Crippen LogP contribution is 2.48. The van der Waals surface area contributed by atoms with Crippen molar-refractivity contribution in [2.45, 2.75) is 19.8 Å². The van der Waals surface area contributed by atoms with E-state index < -0.39 is 5.41 Å². The molecule has 1 saturated carbocycles. The van der Waals surface area contributed by atoms with Gasteiger partial charge in [-0.1, -0.05) is 35.9 Å². The number of rotatable bonds is 4. The molecule has 1 fully saturated rings. The van der Waals surface area contributed by atoms with E-state index in [0.717, 1.165) is 10.9 Å². The van der Waals surface area contributed by atoms with Crippen molar-refractivity contribution in [2.24, 2.45) is 5.41 Å². The van der Waals surface area contributed by atoms with Crippen molar-refractivity contribution in [3.63, 3.8) is 0 Å². The van der Waals surface area contributed by atoms with Crippen LogP contribution in [-0.4, -0.2) is 16.8 Å². The molecule has 0 aliphatic heterocycles. The number of para-hydroxylation sites is 1. The summed E-state index contributed by atoms with van der Waals surface area (Å²) in [6.45, 7) is 1.83. The summed E-state index contributed by atoms with van der Waals surface area (Å²) >= 11 is 6.11. The Balaban J connectivity index is 1.56. The Bertz CT molecular complexity index is 1050. The number of amides is 2. The van der Waals surface area contributed by atoms with Gasteiger partial charge in [-0.25, -0.2) is 0 Å². The van der Waals surface area contributed by atoms with Crippen molar-refractivity contribution in [1.82, 2.24) is 4.98 Å². The number of carbonyl (C=O) groups is 2. The van der Waals surface area contributed by atoms with Crippen LogP contribution in [0.3, 0.4) is 0 Å². The van der Waals surface area contributed by atoms with Gasteiger partial charge in [-0.2, -0.15) is 0 Å². The number of aromatic nitrogens is 1. The summed E-state index contributed by atoms with van der Waals surface area (Å²) in [4.78, 5) is 30.1. The SMILES string of the molecule is Cc1c(Cl)cccc1NC(=O)C1(C(=O)Nc2cccc3cccnc23)CC1. The molecule has 4 rings (SSSR count). The van der Waals surface area contributed by atoms with Crippen LogP contribution in [-0.2, 0) is 9.59 Å². The number of benzene rings is 2. The van der Waals surface area contributed by atoms with Gasteiger partial charge in [0.05, 0.1) is 11.2 Å². The van der Waals surface area contributed by atoms with E-state index in [0.29, 0.717) is 34.8 Å². The van der Waals surface area contributed by atoms with Gasteiger partial charge >= 0.3 is 0 Å². The second-order valence-electron chi connectivity index (χ2n) is 6.78. The summed E-state index contributed by atoms with van der Waals surface area (Å²) in [5.74, 6) is -0.614. The lowest BCUT2D eigenvalue weighted by molar-refractivity contribution is -0.131. The number of carbonyl (C=O) groups excluding carboxylic acids is 2. The molecule has 1 aliphatic carbocycles. The van der Waals surface area contributed by atoms with Gasteiger partial charge in [0.2, 0.25) is 11.8 Å². The molecular formula is C21H18ClN3O2. The Kier molecular flexibility index (Phi) is 4.32. The van der Waals surface area contributed by atoms with Crippen molar-refractivity contribution in [3.8, 4) is 0 Å². The van der Waals surface area contributed by atoms with E-state index in [4.69, 9.17) is 11.6 Å². The van der Waals surface area contributed by atoms with E-state index in [1.165, 1.54) is 0 Å². The highest BCUT2D eigenvalue weighted by molar-refractivity contribution is 6.32. The van der Waals surface area contributed by atoms with Crippen LogP contribution in [0.15, 0.2) is 54.7 Å². The van der Waals surface area contributed by atoms with E-state index in [9.17, 15) is 9.59 Å². The molecule has 5 nitrogen and oxygen atoms in total. The van der Waals surface area contributed by atoms with E-state index in [-0.39, 0.29) is 11.8 Å². The molecule has 2 aromatic carbocycles. The lowest BCUT2D eigenvalue weighted by Crippen LogP contribution is -2.35. The van der Waals surface area contributed by atoms with Crippen molar-refractivity contribution < 1.29 is 9.59 Å². The summed E-state index contributed by atoms with van der Waals surface area (Å²) < 4.78 is 0. The number of nitrogens with zero attached hydrogens (tertiary/aromatic N) is 1. The lowest BCUT2D eigenvalue weighted by atomic mass is 10.0. The van der Waals surface area contributed by atoms with Crippen molar-refractivity contribution in [1.29, 1.82) is 0 Å². The van der Waals surface area contributed by atoms with Crippen LogP contribution in [0, 0.1) is 12.3 Å². The summed E-state index contributed by atoms with van der Waals surface area (Å²) in [6.07, 6.45) is 2.71. The minimum absolute atomic E-state index is 0.307. The number of pyridine rings is 1. The van der Waals surface area contributed by atoms with E-state index >= 15 is 0 Å². The maximum atomic E-state index is 12.9. The van der Waals surface area contributed by atoms with Crippen LogP contribution < -0.4 is 10.6 Å². The summed E-state index contributed by atoms with van der Waals surface area (Å²) in [7, 11) is 0. The quantitative estimate of drug-likeness (QED) is 0.653. The molecule has 6 heteroatoms. The van der Waals surface area contributed by atoms with Crippen LogP contribution in [0.25, 0.3) is 10.9 Å². The second-order valence-corrected chi connectivity index (χ2v) is 7.19. The first-order chi connectivity index (χ1) is 13.0. The van der Waals surface area contributed by atoms with E-state index in [2.05, 4.69) is 15.6 Å². The van der Waals surface area contributed by atoms with Crippen LogP contribution in [0.5, 0.6) is 0 Å². The number of nitrogens with one attached hydrogen (secondary N) is 2. The number of hydrogen-bond donors (Lipinski definition) is 2. The predicted octanol–water partition coefficient (Wildman–Crippen LogP) is 4.55. The van der Waals surface area contributed by atoms with Crippen molar-refractivity contribution in [3.05, 3.63) is 65.3 Å². The van der Waals surface area contributed by atoms with Crippen molar-refractivity contribution in [2.75, 3.05) is 10.6 Å². The first-order valence-corrected chi connectivity index (χ1v) is 9.11. The molecule has 0 saturated heterocycles. The third kappa shape index (κ3) is 3.15. The van der Waals surface area contributed by atoms with Gasteiger partial charge < -0.3 is 10.6 Å². The van der Waals surface area contributed by atoms with Crippen molar-refractivity contribution >= 4 is 45.7 Å². The van der Waals surface area contributed by atoms with Gasteiger partial charge in [-0.05, 0) is 49.6 Å². The number of hydrogen-bond acceptors (Lipinski definition) is 3. The molecule has 0 spiro atoms. The molecule has 0 radical (unpaired) electrons. The Hall–Kier alpha value is -2.92. The Morgan fingerprint density at radius 3 is 2.33 bits per heavy atom. The zero-order valence-electron chi connectivity index (χ0n) is 14.8. The zero-order valence-corrected chi connectivity index (χ0v) is 15.5. The van der Waals surface area contributed by atoms with Gasteiger partial charge in [0.15, 0.2) is 0 Å². The number of halogens is 1. The van der Waals surface area contributed by atoms with Crippen LogP contribution in [0.4, 0.5) is 11.4 Å². The largest absolute Gasteiger partial charge is 0.325 e. The fourth-order valence-corrected chi connectivity index (χ4v) is 3.29. The standard InChI is InChI=1S/C21H18ClN3O2/c1-13-15(22)7-3-8-16(13)24-19(26)21(10-11-21)20(27)25-17-9-2-5-14-6-4-12-23-18(14)17/h2-9,12H,10-11H2,1H3,(H,24,26)(H,25,27). The average molecular weight is 380 g/mol. The van der Waals surface area contributed by atoms with E-state index in [1.807, 2.05) is 31.2 Å². The van der Waals surface area contributed by atoms with E-state index in [1.54, 1.807) is 30.5 Å². The third-order valence-corrected chi connectivity index (χ3v) is 5.43. The number of anilines is 2. The average Bonchev–Trinajstić information content (AvgIpc) is 3.48. The predicted molar refractivity (Wildman–Crippen MR) is 107 cm³/mol. The molecule has 0 atom stereocenters. The Morgan fingerprint density at radius 1 is 0.963 bits per heavy atom. The summed E-state index contributed by atoms with van der Waals surface area (Å²) in [6, 6.07) is 14.7. The van der Waals surface area contributed by atoms with Gasteiger partial charge in [-0.15, -0.1) is 0 Å². The monoisotopic (exact) mass is 379 g/mol. The van der Waals surface area contributed by atoms with Crippen LogP contribution in [0.1, 0.15) is 18.4 Å². The molecule has 27 heavy (non-hydrogen) atoms. The fourth-order valence-electron chi connectivity index (χ4n) is 3.11. The molecule has 1 heterocycles. The second kappa shape index (κ2) is 6.67. The van der Waals surface area contributed by atoms with Gasteiger partial charge in [-0.3, -0.25) is 14.6 Å². The molecule has 1 aliphatic rings. The van der Waals surface area contributed by atoms with Gasteiger partial charge in [0.25, 0.3) is 0 Å². The topological polar surface area (TPSA) is 71.1 Å². The van der Waals surface area contributed by atoms with Crippen LogP contribution in [0.2, 0.25) is 5.02 Å². The minimum atomic E-state index is -1.05. The maximum absolute atomic E-state index is 12.9. The minimum Gasteiger partial charge on any atom is -0.325 e. The molecule has 2 N–H and O–H groups in total. The zero-order chi connectivity index (χ0) is 19.0. The maximum Gasteiger partial charge on any atom is 0.240 e. The summed E-state index contributed by atoms with van der Waals surface area (Å²) in [5.41, 5.74) is 1.66. The smallest absolute Gasteiger partial charge is 0.240 e. The molecule has 2 amide bonds. The Morgan fingerprint density at radius 2 is 1.59 bits per heavy atom. The molecule has 0 unspecified atom stereocenters. The molecule has 0 bridgehead atoms. The molecule has 1 aromatic heterocycles. The third-order valence-electron chi connectivity index (χ3n) is 5.02. The first kappa shape index (κ1) is 17.5. The highest BCUT2D eigenvalue weighted by Gasteiger charge is 2.56. The Labute approximate surface area is 161 Å². The molecular weight excluding hydrogens is 362 g/mol. The first-order valence-electron chi connectivity index (χ1n) is 8.73. The molecule has 136 valence electrons. The van der Waals surface area contributed by atoms with Gasteiger partial charge in [0.1, 0.15) is 5.41 Å².